The predicted molar refractivity (Wildman–Crippen MR) is 139 cm³/mol. The summed E-state index contributed by atoms with van der Waals surface area (Å²) in [5, 5.41) is 12.3. The number of anilines is 1. The quantitative estimate of drug-likeness (QED) is 0.343. The SMILES string of the molecule is CC1(C)Oc2cc(I)ccc2-c2n[nH]c(C(=O)N(c3ccc(Cl)cc3Cl)N3CCCCC3)c21. The van der Waals surface area contributed by atoms with Crippen molar-refractivity contribution in [3.05, 3.63) is 61.3 Å². The number of rotatable bonds is 3. The number of hydrazine groups is 1. The molecule has 0 atom stereocenters. The Morgan fingerprint density at radius 3 is 2.64 bits per heavy atom. The Labute approximate surface area is 216 Å². The fourth-order valence-corrected chi connectivity index (χ4v) is 5.56. The number of halogens is 3. The zero-order valence-corrected chi connectivity index (χ0v) is 22.0. The van der Waals surface area contributed by atoms with Gasteiger partial charge in [-0.15, -0.1) is 0 Å². The molecule has 1 N–H and O–H groups in total. The maximum Gasteiger partial charge on any atom is 0.291 e. The summed E-state index contributed by atoms with van der Waals surface area (Å²) in [7, 11) is 0. The van der Waals surface area contributed by atoms with Crippen LogP contribution in [0.4, 0.5) is 5.69 Å². The molecule has 2 aliphatic rings. The normalized spacial score (nSPS) is 17.1. The number of H-pyrrole nitrogens is 1. The van der Waals surface area contributed by atoms with E-state index in [0.717, 1.165) is 58.5 Å². The zero-order chi connectivity index (χ0) is 23.3. The summed E-state index contributed by atoms with van der Waals surface area (Å²) in [6, 6.07) is 11.2. The molecule has 2 aliphatic heterocycles. The van der Waals surface area contributed by atoms with Gasteiger partial charge in [0.15, 0.2) is 0 Å². The van der Waals surface area contributed by atoms with Crippen molar-refractivity contribution in [1.82, 2.24) is 15.2 Å². The van der Waals surface area contributed by atoms with Crippen LogP contribution in [0.1, 0.15) is 49.2 Å². The lowest BCUT2D eigenvalue weighted by molar-refractivity contribution is 0.0833. The van der Waals surface area contributed by atoms with Crippen LogP contribution in [-0.4, -0.2) is 34.2 Å². The number of nitrogens with one attached hydrogen (secondary N) is 1. The van der Waals surface area contributed by atoms with E-state index in [1.54, 1.807) is 23.2 Å². The van der Waals surface area contributed by atoms with Crippen molar-refractivity contribution in [2.24, 2.45) is 0 Å². The van der Waals surface area contributed by atoms with Crippen LogP contribution in [-0.2, 0) is 5.60 Å². The monoisotopic (exact) mass is 596 g/mol. The number of amides is 1. The Balaban J connectivity index is 1.64. The number of fused-ring (bicyclic) bond motifs is 3. The van der Waals surface area contributed by atoms with Crippen molar-refractivity contribution in [2.45, 2.75) is 38.7 Å². The maximum atomic E-state index is 14.1. The van der Waals surface area contributed by atoms with Gasteiger partial charge in [-0.25, -0.2) is 10.0 Å². The molecule has 1 saturated heterocycles. The molecule has 1 fully saturated rings. The molecule has 0 spiro atoms. The number of carbonyl (C=O) groups is 1. The van der Waals surface area contributed by atoms with Crippen molar-refractivity contribution in [3.63, 3.8) is 0 Å². The van der Waals surface area contributed by atoms with Crippen molar-refractivity contribution >= 4 is 57.4 Å². The van der Waals surface area contributed by atoms with E-state index >= 15 is 0 Å². The summed E-state index contributed by atoms with van der Waals surface area (Å²) in [6.07, 6.45) is 3.16. The largest absolute Gasteiger partial charge is 0.482 e. The van der Waals surface area contributed by atoms with E-state index in [9.17, 15) is 4.79 Å². The molecule has 0 saturated carbocycles. The van der Waals surface area contributed by atoms with Gasteiger partial charge in [-0.05, 0) is 85.7 Å². The van der Waals surface area contributed by atoms with E-state index in [2.05, 4.69) is 37.8 Å². The number of hydrogen-bond donors (Lipinski definition) is 1. The van der Waals surface area contributed by atoms with Crippen molar-refractivity contribution in [2.75, 3.05) is 18.1 Å². The number of piperidine rings is 1. The van der Waals surface area contributed by atoms with Crippen LogP contribution in [0.2, 0.25) is 10.0 Å². The summed E-state index contributed by atoms with van der Waals surface area (Å²) in [6.45, 7) is 5.45. The molecular weight excluding hydrogens is 574 g/mol. The number of hydrogen-bond acceptors (Lipinski definition) is 4. The van der Waals surface area contributed by atoms with Gasteiger partial charge >= 0.3 is 0 Å². The van der Waals surface area contributed by atoms with Crippen LogP contribution >= 0.6 is 45.8 Å². The first-order valence-electron chi connectivity index (χ1n) is 10.9. The molecule has 172 valence electrons. The van der Waals surface area contributed by atoms with Crippen LogP contribution in [0.3, 0.4) is 0 Å². The summed E-state index contributed by atoms with van der Waals surface area (Å²) in [5.74, 6) is 0.541. The molecular formula is C24H23Cl2IN4O2. The minimum absolute atomic E-state index is 0.222. The van der Waals surface area contributed by atoms with Gasteiger partial charge in [0.2, 0.25) is 0 Å². The number of ether oxygens (including phenoxy) is 1. The molecule has 0 aliphatic carbocycles. The average Bonchev–Trinajstić information content (AvgIpc) is 3.22. The molecule has 0 bridgehead atoms. The van der Waals surface area contributed by atoms with E-state index in [1.807, 2.05) is 32.0 Å². The van der Waals surface area contributed by atoms with Crippen molar-refractivity contribution in [3.8, 4) is 17.0 Å². The van der Waals surface area contributed by atoms with Crippen LogP contribution < -0.4 is 9.75 Å². The summed E-state index contributed by atoms with van der Waals surface area (Å²) < 4.78 is 7.43. The van der Waals surface area contributed by atoms with Gasteiger partial charge in [-0.1, -0.05) is 29.6 Å². The minimum Gasteiger partial charge on any atom is -0.482 e. The highest BCUT2D eigenvalue weighted by atomic mass is 127. The number of benzene rings is 2. The number of aromatic nitrogens is 2. The molecule has 1 amide bonds. The van der Waals surface area contributed by atoms with E-state index < -0.39 is 5.60 Å². The zero-order valence-electron chi connectivity index (χ0n) is 18.3. The minimum atomic E-state index is -0.748. The van der Waals surface area contributed by atoms with Gasteiger partial charge in [0.05, 0.1) is 16.3 Å². The topological polar surface area (TPSA) is 61.5 Å². The second kappa shape index (κ2) is 8.76. The third-order valence-corrected chi connectivity index (χ3v) is 7.30. The third kappa shape index (κ3) is 4.13. The second-order valence-corrected chi connectivity index (χ2v) is 10.9. The first-order chi connectivity index (χ1) is 15.8. The molecule has 3 aromatic rings. The smallest absolute Gasteiger partial charge is 0.291 e. The molecule has 2 aromatic carbocycles. The van der Waals surface area contributed by atoms with Crippen LogP contribution in [0.5, 0.6) is 5.75 Å². The molecule has 33 heavy (non-hydrogen) atoms. The Morgan fingerprint density at radius 2 is 1.91 bits per heavy atom. The van der Waals surface area contributed by atoms with E-state index in [0.29, 0.717) is 21.4 Å². The lowest BCUT2D eigenvalue weighted by Crippen LogP contribution is -2.50. The molecule has 0 unspecified atom stereocenters. The second-order valence-electron chi connectivity index (χ2n) is 8.80. The first-order valence-corrected chi connectivity index (χ1v) is 12.7. The van der Waals surface area contributed by atoms with Crippen molar-refractivity contribution in [1.29, 1.82) is 0 Å². The van der Waals surface area contributed by atoms with Gasteiger partial charge in [0.1, 0.15) is 22.7 Å². The number of aromatic amines is 1. The summed E-state index contributed by atoms with van der Waals surface area (Å²) >= 11 is 15.0. The van der Waals surface area contributed by atoms with E-state index in [4.69, 9.17) is 27.9 Å². The number of carbonyl (C=O) groups excluding carboxylic acids is 1. The Morgan fingerprint density at radius 1 is 1.15 bits per heavy atom. The average molecular weight is 597 g/mol. The standard InChI is InChI=1S/C24H23Cl2IN4O2/c1-24(2)20-21(16-8-7-15(27)13-19(16)33-24)28-29-22(20)23(32)31(30-10-4-3-5-11-30)18-9-6-14(25)12-17(18)26/h6-9,12-13H,3-5,10-11H2,1-2H3,(H,28,29). The summed E-state index contributed by atoms with van der Waals surface area (Å²) in [5.41, 5.74) is 2.60. The molecule has 5 rings (SSSR count). The fourth-order valence-electron chi connectivity index (χ4n) is 4.61. The fraction of sp³-hybridized carbons (Fsp3) is 0.333. The van der Waals surface area contributed by atoms with E-state index in [1.165, 1.54) is 0 Å². The van der Waals surface area contributed by atoms with E-state index in [-0.39, 0.29) is 5.91 Å². The van der Waals surface area contributed by atoms with Gasteiger partial charge in [-0.3, -0.25) is 9.89 Å². The van der Waals surface area contributed by atoms with Gasteiger partial charge in [-0.2, -0.15) is 5.10 Å². The maximum absolute atomic E-state index is 14.1. The lowest BCUT2D eigenvalue weighted by atomic mass is 9.89. The third-order valence-electron chi connectivity index (χ3n) is 6.09. The van der Waals surface area contributed by atoms with Crippen LogP contribution in [0, 0.1) is 3.57 Å². The predicted octanol–water partition coefficient (Wildman–Crippen LogP) is 6.66. The molecule has 3 heterocycles. The van der Waals surface area contributed by atoms with Crippen LogP contribution in [0.25, 0.3) is 11.3 Å². The molecule has 1 aromatic heterocycles. The summed E-state index contributed by atoms with van der Waals surface area (Å²) in [4.78, 5) is 14.1. The molecule has 9 heteroatoms. The first kappa shape index (κ1) is 23.0. The van der Waals surface area contributed by atoms with Gasteiger partial charge in [0, 0.05) is 27.2 Å². The van der Waals surface area contributed by atoms with Gasteiger partial charge < -0.3 is 4.74 Å². The van der Waals surface area contributed by atoms with Crippen LogP contribution in [0.15, 0.2) is 36.4 Å². The Bertz CT molecular complexity index is 1240. The highest BCUT2D eigenvalue weighted by Gasteiger charge is 2.41. The van der Waals surface area contributed by atoms with Crippen molar-refractivity contribution < 1.29 is 9.53 Å². The highest BCUT2D eigenvalue weighted by molar-refractivity contribution is 14.1. The number of nitrogens with zero attached hydrogens (tertiary/aromatic N) is 3. The lowest BCUT2D eigenvalue weighted by Gasteiger charge is -2.38. The Hall–Kier alpha value is -1.81. The molecule has 0 radical (unpaired) electrons. The van der Waals surface area contributed by atoms with Gasteiger partial charge in [0.25, 0.3) is 5.91 Å². The molecule has 6 nitrogen and oxygen atoms in total. The Kier molecular flexibility index (Phi) is 6.09. The highest BCUT2D eigenvalue weighted by Crippen LogP contribution is 2.46.